The number of para-hydroxylation sites is 1. The molecule has 7 heteroatoms. The number of benzene rings is 2. The number of H-pyrrole nitrogens is 1. The molecule has 0 aliphatic carbocycles. The van der Waals surface area contributed by atoms with E-state index < -0.39 is 17.3 Å². The number of hydrogen-bond acceptors (Lipinski definition) is 2. The first-order chi connectivity index (χ1) is 11.2. The molecule has 0 saturated heterocycles. The minimum Gasteiger partial charge on any atom is -0.507 e. The Bertz CT molecular complexity index is 1010. The van der Waals surface area contributed by atoms with Crippen molar-refractivity contribution in [1.82, 2.24) is 4.98 Å². The van der Waals surface area contributed by atoms with Gasteiger partial charge in [-0.25, -0.2) is 0 Å². The fourth-order valence-corrected chi connectivity index (χ4v) is 2.88. The summed E-state index contributed by atoms with van der Waals surface area (Å²) < 4.78 is 39.7. The molecule has 0 fully saturated rings. The first-order valence-corrected chi connectivity index (χ1v) is 7.29. The van der Waals surface area contributed by atoms with Crippen molar-refractivity contribution < 1.29 is 18.3 Å². The van der Waals surface area contributed by atoms with E-state index in [9.17, 15) is 23.1 Å². The van der Waals surface area contributed by atoms with Crippen LogP contribution in [0.1, 0.15) is 11.1 Å². The number of aromatic nitrogens is 1. The van der Waals surface area contributed by atoms with E-state index in [1.54, 1.807) is 0 Å². The lowest BCUT2D eigenvalue weighted by molar-refractivity contribution is -0.136. The van der Waals surface area contributed by atoms with Gasteiger partial charge < -0.3 is 10.1 Å². The second-order valence-electron chi connectivity index (χ2n) is 5.34. The summed E-state index contributed by atoms with van der Waals surface area (Å²) in [5, 5.41) is 10.6. The standard InChI is InChI=1S/C17H11ClF3NO2/c1-8-14(11-7-9(18)5-6-13(11)23)10-3-2-4-12(17(19,20)21)15(10)22-16(8)24/h2-7,23H,1H3,(H,22,24). The van der Waals surface area contributed by atoms with Crippen LogP contribution >= 0.6 is 11.6 Å². The van der Waals surface area contributed by atoms with Crippen molar-refractivity contribution in [2.24, 2.45) is 0 Å². The highest BCUT2D eigenvalue weighted by Crippen LogP contribution is 2.40. The van der Waals surface area contributed by atoms with E-state index in [2.05, 4.69) is 4.98 Å². The molecule has 2 N–H and O–H groups in total. The Kier molecular flexibility index (Phi) is 3.80. The molecule has 3 rings (SSSR count). The van der Waals surface area contributed by atoms with Crippen molar-refractivity contribution in [2.45, 2.75) is 13.1 Å². The van der Waals surface area contributed by atoms with Gasteiger partial charge in [0.15, 0.2) is 0 Å². The predicted octanol–water partition coefficient (Wildman–Crippen LogP) is 4.88. The minimum absolute atomic E-state index is 0.174. The van der Waals surface area contributed by atoms with Crippen molar-refractivity contribution in [3.63, 3.8) is 0 Å². The highest BCUT2D eigenvalue weighted by Gasteiger charge is 2.33. The SMILES string of the molecule is Cc1c(-c2cc(Cl)ccc2O)c2cccc(C(F)(F)F)c2[nH]c1=O. The zero-order chi connectivity index (χ0) is 17.6. The van der Waals surface area contributed by atoms with E-state index in [-0.39, 0.29) is 33.3 Å². The number of fused-ring (bicyclic) bond motifs is 1. The van der Waals surface area contributed by atoms with Gasteiger partial charge in [0.1, 0.15) is 5.75 Å². The van der Waals surface area contributed by atoms with Gasteiger partial charge in [0.2, 0.25) is 0 Å². The Labute approximate surface area is 139 Å². The maximum atomic E-state index is 13.2. The Morgan fingerprint density at radius 3 is 2.54 bits per heavy atom. The summed E-state index contributed by atoms with van der Waals surface area (Å²) in [7, 11) is 0. The molecule has 0 aliphatic rings. The van der Waals surface area contributed by atoms with Gasteiger partial charge in [0, 0.05) is 27.1 Å². The molecule has 0 amide bonds. The summed E-state index contributed by atoms with van der Waals surface area (Å²) in [6.45, 7) is 1.48. The molecule has 124 valence electrons. The van der Waals surface area contributed by atoms with Crippen molar-refractivity contribution >= 4 is 22.5 Å². The summed E-state index contributed by atoms with van der Waals surface area (Å²) in [6.07, 6.45) is -4.62. The molecule has 1 heterocycles. The highest BCUT2D eigenvalue weighted by atomic mass is 35.5. The van der Waals surface area contributed by atoms with Crippen LogP contribution in [0.2, 0.25) is 5.02 Å². The average molecular weight is 354 g/mol. The second-order valence-corrected chi connectivity index (χ2v) is 5.78. The summed E-state index contributed by atoms with van der Waals surface area (Å²) in [4.78, 5) is 14.5. The van der Waals surface area contributed by atoms with E-state index in [1.807, 2.05) is 0 Å². The maximum Gasteiger partial charge on any atom is 0.418 e. The van der Waals surface area contributed by atoms with Crippen LogP contribution in [-0.4, -0.2) is 10.1 Å². The van der Waals surface area contributed by atoms with Gasteiger partial charge in [-0.05, 0) is 31.2 Å². The molecule has 2 aromatic carbocycles. The number of alkyl halides is 3. The Morgan fingerprint density at radius 1 is 1.17 bits per heavy atom. The van der Waals surface area contributed by atoms with Gasteiger partial charge >= 0.3 is 6.18 Å². The van der Waals surface area contributed by atoms with Crippen LogP contribution in [0, 0.1) is 6.92 Å². The molecule has 1 aromatic heterocycles. The van der Waals surface area contributed by atoms with Crippen LogP contribution in [-0.2, 0) is 6.18 Å². The minimum atomic E-state index is -4.62. The number of phenols is 1. The number of rotatable bonds is 1. The lowest BCUT2D eigenvalue weighted by atomic mass is 9.94. The third-order valence-electron chi connectivity index (χ3n) is 3.82. The summed E-state index contributed by atoms with van der Waals surface area (Å²) in [5.74, 6) is -0.174. The molecule has 0 radical (unpaired) electrons. The molecule has 0 atom stereocenters. The largest absolute Gasteiger partial charge is 0.507 e. The normalized spacial score (nSPS) is 11.9. The van der Waals surface area contributed by atoms with Gasteiger partial charge in [0.05, 0.1) is 11.1 Å². The van der Waals surface area contributed by atoms with Crippen molar-refractivity contribution in [1.29, 1.82) is 0 Å². The molecule has 0 aliphatic heterocycles. The number of phenolic OH excluding ortho intramolecular Hbond substituents is 1. The van der Waals surface area contributed by atoms with Gasteiger partial charge in [0.25, 0.3) is 5.56 Å². The molecular formula is C17H11ClF3NO2. The molecule has 0 unspecified atom stereocenters. The number of pyridine rings is 1. The van der Waals surface area contributed by atoms with E-state index in [4.69, 9.17) is 11.6 Å². The topological polar surface area (TPSA) is 53.1 Å². The van der Waals surface area contributed by atoms with E-state index in [0.29, 0.717) is 5.02 Å². The fraction of sp³-hybridized carbons (Fsp3) is 0.118. The first-order valence-electron chi connectivity index (χ1n) is 6.92. The van der Waals surface area contributed by atoms with Gasteiger partial charge in [-0.15, -0.1) is 0 Å². The number of hydrogen-bond donors (Lipinski definition) is 2. The van der Waals surface area contributed by atoms with Gasteiger partial charge in [-0.2, -0.15) is 13.2 Å². The lowest BCUT2D eigenvalue weighted by Gasteiger charge is -2.15. The van der Waals surface area contributed by atoms with E-state index in [0.717, 1.165) is 6.07 Å². The van der Waals surface area contributed by atoms with Crippen LogP contribution in [0.3, 0.4) is 0 Å². The number of halogens is 4. The third-order valence-corrected chi connectivity index (χ3v) is 4.06. The zero-order valence-electron chi connectivity index (χ0n) is 12.3. The highest BCUT2D eigenvalue weighted by molar-refractivity contribution is 6.31. The van der Waals surface area contributed by atoms with Crippen molar-refractivity contribution in [3.8, 4) is 16.9 Å². The zero-order valence-corrected chi connectivity index (χ0v) is 13.1. The summed E-state index contributed by atoms with van der Waals surface area (Å²) in [6, 6.07) is 7.81. The third kappa shape index (κ3) is 2.63. The molecule has 3 nitrogen and oxygen atoms in total. The summed E-state index contributed by atoms with van der Waals surface area (Å²) in [5.41, 5.74) is -1.31. The van der Waals surface area contributed by atoms with Crippen LogP contribution < -0.4 is 5.56 Å². The lowest BCUT2D eigenvalue weighted by Crippen LogP contribution is -2.15. The van der Waals surface area contributed by atoms with Crippen LogP contribution in [0.15, 0.2) is 41.2 Å². The smallest absolute Gasteiger partial charge is 0.418 e. The fourth-order valence-electron chi connectivity index (χ4n) is 2.71. The molecule has 0 saturated carbocycles. The van der Waals surface area contributed by atoms with Gasteiger partial charge in [-0.3, -0.25) is 4.79 Å². The van der Waals surface area contributed by atoms with Crippen molar-refractivity contribution in [2.75, 3.05) is 0 Å². The molecular weight excluding hydrogens is 343 g/mol. The maximum absolute atomic E-state index is 13.2. The van der Waals surface area contributed by atoms with Gasteiger partial charge in [-0.1, -0.05) is 23.7 Å². The number of aromatic hydroxyl groups is 1. The number of aromatic amines is 1. The predicted molar refractivity (Wildman–Crippen MR) is 86.4 cm³/mol. The number of nitrogens with one attached hydrogen (secondary N) is 1. The van der Waals surface area contributed by atoms with Crippen LogP contribution in [0.5, 0.6) is 5.75 Å². The van der Waals surface area contributed by atoms with E-state index in [1.165, 1.54) is 37.3 Å². The molecule has 24 heavy (non-hydrogen) atoms. The molecule has 3 aromatic rings. The Morgan fingerprint density at radius 2 is 1.88 bits per heavy atom. The molecule has 0 bridgehead atoms. The average Bonchev–Trinajstić information content (AvgIpc) is 2.50. The van der Waals surface area contributed by atoms with Crippen molar-refractivity contribution in [3.05, 3.63) is 62.9 Å². The van der Waals surface area contributed by atoms with Crippen LogP contribution in [0.4, 0.5) is 13.2 Å². The summed E-state index contributed by atoms with van der Waals surface area (Å²) >= 11 is 5.94. The Hall–Kier alpha value is -2.47. The van der Waals surface area contributed by atoms with E-state index >= 15 is 0 Å². The second kappa shape index (κ2) is 5.56. The Balaban J connectivity index is 2.51. The molecule has 0 spiro atoms. The monoisotopic (exact) mass is 353 g/mol. The van der Waals surface area contributed by atoms with Crippen LogP contribution in [0.25, 0.3) is 22.0 Å². The first kappa shape index (κ1) is 16.4. The quantitative estimate of drug-likeness (QED) is 0.655.